The van der Waals surface area contributed by atoms with Crippen LogP contribution in [0.3, 0.4) is 0 Å². The minimum atomic E-state index is -0.577. The molecule has 0 aliphatic rings. The maximum absolute atomic E-state index is 11.9. The monoisotopic (exact) mass is 328 g/mol. The Morgan fingerprint density at radius 3 is 2.65 bits per heavy atom. The van der Waals surface area contributed by atoms with Crippen LogP contribution in [0.5, 0.6) is 0 Å². The van der Waals surface area contributed by atoms with E-state index in [-0.39, 0.29) is 11.8 Å². The summed E-state index contributed by atoms with van der Waals surface area (Å²) < 4.78 is 1.98. The van der Waals surface area contributed by atoms with E-state index in [2.05, 4.69) is 15.6 Å². The normalized spacial score (nSPS) is 12.1. The van der Waals surface area contributed by atoms with Gasteiger partial charge >= 0.3 is 0 Å². The highest BCUT2D eigenvalue weighted by atomic mass is 32.1. The van der Waals surface area contributed by atoms with Gasteiger partial charge in [-0.25, -0.2) is 4.98 Å². The van der Waals surface area contributed by atoms with E-state index in [9.17, 15) is 9.59 Å². The Labute approximate surface area is 137 Å². The third kappa shape index (κ3) is 3.40. The summed E-state index contributed by atoms with van der Waals surface area (Å²) in [5, 5.41) is 7.31. The van der Waals surface area contributed by atoms with E-state index in [0.717, 1.165) is 16.2 Å². The summed E-state index contributed by atoms with van der Waals surface area (Å²) in [6.45, 7) is 3.03. The van der Waals surface area contributed by atoms with Crippen LogP contribution < -0.4 is 10.6 Å². The number of thiazole rings is 1. The van der Waals surface area contributed by atoms with E-state index in [1.807, 2.05) is 46.4 Å². The van der Waals surface area contributed by atoms with Crippen molar-refractivity contribution in [2.24, 2.45) is 0 Å². The fourth-order valence-corrected chi connectivity index (χ4v) is 2.91. The fourth-order valence-electron chi connectivity index (χ4n) is 2.21. The highest BCUT2D eigenvalue weighted by molar-refractivity contribution is 7.15. The predicted molar refractivity (Wildman–Crippen MR) is 90.4 cm³/mol. The van der Waals surface area contributed by atoms with Gasteiger partial charge in [-0.1, -0.05) is 12.1 Å². The Morgan fingerprint density at radius 2 is 2.00 bits per heavy atom. The molecule has 6 nitrogen and oxygen atoms in total. The van der Waals surface area contributed by atoms with Crippen LogP contribution in [0.1, 0.15) is 13.8 Å². The van der Waals surface area contributed by atoms with Gasteiger partial charge in [-0.2, -0.15) is 0 Å². The summed E-state index contributed by atoms with van der Waals surface area (Å²) in [5.74, 6) is -0.488. The molecule has 3 aromatic rings. The molecule has 23 heavy (non-hydrogen) atoms. The predicted octanol–water partition coefficient (Wildman–Crippen LogP) is 2.53. The molecule has 118 valence electrons. The molecule has 7 heteroatoms. The second-order valence-corrected chi connectivity index (χ2v) is 6.08. The molecule has 1 aromatic carbocycles. The minimum absolute atomic E-state index is 0.234. The van der Waals surface area contributed by atoms with Crippen molar-refractivity contribution >= 4 is 33.8 Å². The first-order chi connectivity index (χ1) is 11.0. The van der Waals surface area contributed by atoms with Gasteiger partial charge < -0.3 is 10.6 Å². The Balaban J connectivity index is 1.70. The van der Waals surface area contributed by atoms with Crippen LogP contribution in [0.4, 0.5) is 5.69 Å². The number of fused-ring (bicyclic) bond motifs is 1. The molecule has 2 heterocycles. The van der Waals surface area contributed by atoms with Crippen molar-refractivity contribution in [2.75, 3.05) is 5.32 Å². The van der Waals surface area contributed by atoms with Gasteiger partial charge in [-0.3, -0.25) is 14.0 Å². The van der Waals surface area contributed by atoms with Gasteiger partial charge in [0.2, 0.25) is 11.8 Å². The first-order valence-electron chi connectivity index (χ1n) is 7.13. The van der Waals surface area contributed by atoms with Crippen LogP contribution >= 0.6 is 11.3 Å². The average molecular weight is 328 g/mol. The molecule has 0 fully saturated rings. The van der Waals surface area contributed by atoms with E-state index in [1.165, 1.54) is 6.92 Å². The summed E-state index contributed by atoms with van der Waals surface area (Å²) in [6.07, 6.45) is 3.94. The third-order valence-electron chi connectivity index (χ3n) is 3.35. The summed E-state index contributed by atoms with van der Waals surface area (Å²) in [6, 6.07) is 6.88. The number of imidazole rings is 1. The van der Waals surface area contributed by atoms with Crippen molar-refractivity contribution in [2.45, 2.75) is 19.9 Å². The van der Waals surface area contributed by atoms with Crippen LogP contribution in [0, 0.1) is 0 Å². The molecule has 0 unspecified atom stereocenters. The molecule has 0 aliphatic heterocycles. The maximum Gasteiger partial charge on any atom is 0.246 e. The molecule has 0 saturated carbocycles. The van der Waals surface area contributed by atoms with Gasteiger partial charge in [-0.15, -0.1) is 11.3 Å². The standard InChI is InChI=1S/C16H16N4O2S/c1-10(17-11(2)21)15(22)18-13-5-3-12(4-6-13)14-9-20-7-8-23-16(20)19-14/h3-10H,1-2H3,(H,17,21)(H,18,22)/t10-/m0/s1. The average Bonchev–Trinajstić information content (AvgIpc) is 3.08. The van der Waals surface area contributed by atoms with E-state index < -0.39 is 6.04 Å². The first-order valence-corrected chi connectivity index (χ1v) is 8.01. The zero-order valence-corrected chi connectivity index (χ0v) is 13.6. The van der Waals surface area contributed by atoms with E-state index in [1.54, 1.807) is 18.3 Å². The lowest BCUT2D eigenvalue weighted by molar-refractivity contribution is -0.124. The maximum atomic E-state index is 11.9. The van der Waals surface area contributed by atoms with Crippen LogP contribution in [-0.4, -0.2) is 27.2 Å². The lowest BCUT2D eigenvalue weighted by atomic mass is 10.1. The molecule has 2 aromatic heterocycles. The molecule has 0 radical (unpaired) electrons. The fraction of sp³-hybridized carbons (Fsp3) is 0.188. The first kappa shape index (κ1) is 15.2. The zero-order valence-electron chi connectivity index (χ0n) is 12.7. The topological polar surface area (TPSA) is 75.5 Å². The van der Waals surface area contributed by atoms with Crippen molar-refractivity contribution in [3.63, 3.8) is 0 Å². The van der Waals surface area contributed by atoms with Crippen molar-refractivity contribution < 1.29 is 9.59 Å². The highest BCUT2D eigenvalue weighted by Gasteiger charge is 2.13. The molecular weight excluding hydrogens is 312 g/mol. The molecule has 0 aliphatic carbocycles. The van der Waals surface area contributed by atoms with Crippen molar-refractivity contribution in [3.8, 4) is 11.3 Å². The molecule has 2 amide bonds. The molecule has 3 rings (SSSR count). The van der Waals surface area contributed by atoms with Crippen molar-refractivity contribution in [1.82, 2.24) is 14.7 Å². The number of rotatable bonds is 4. The van der Waals surface area contributed by atoms with E-state index in [4.69, 9.17) is 0 Å². The minimum Gasteiger partial charge on any atom is -0.345 e. The van der Waals surface area contributed by atoms with Crippen LogP contribution in [0.15, 0.2) is 42.0 Å². The number of amides is 2. The van der Waals surface area contributed by atoms with Crippen molar-refractivity contribution in [3.05, 3.63) is 42.0 Å². The lowest BCUT2D eigenvalue weighted by Gasteiger charge is -2.12. The van der Waals surface area contributed by atoms with Gasteiger partial charge in [-0.05, 0) is 19.1 Å². The van der Waals surface area contributed by atoms with E-state index in [0.29, 0.717) is 5.69 Å². The molecule has 2 N–H and O–H groups in total. The number of aromatic nitrogens is 2. The number of anilines is 1. The lowest BCUT2D eigenvalue weighted by Crippen LogP contribution is -2.40. The number of hydrogen-bond acceptors (Lipinski definition) is 4. The van der Waals surface area contributed by atoms with E-state index >= 15 is 0 Å². The van der Waals surface area contributed by atoms with Gasteiger partial charge in [0.15, 0.2) is 4.96 Å². The molecular formula is C16H16N4O2S. The molecule has 1 atom stereocenters. The van der Waals surface area contributed by atoms with Crippen LogP contribution in [0.2, 0.25) is 0 Å². The Bertz CT molecular complexity index is 822. The largest absolute Gasteiger partial charge is 0.345 e. The smallest absolute Gasteiger partial charge is 0.246 e. The second kappa shape index (κ2) is 6.21. The summed E-state index contributed by atoms with van der Waals surface area (Å²) in [5.41, 5.74) is 2.55. The Morgan fingerprint density at radius 1 is 1.26 bits per heavy atom. The van der Waals surface area contributed by atoms with Gasteiger partial charge in [0, 0.05) is 35.9 Å². The van der Waals surface area contributed by atoms with Crippen LogP contribution in [-0.2, 0) is 9.59 Å². The number of carbonyl (C=O) groups is 2. The Hall–Kier alpha value is -2.67. The summed E-state index contributed by atoms with van der Waals surface area (Å²) in [7, 11) is 0. The van der Waals surface area contributed by atoms with Gasteiger partial charge in [0.05, 0.1) is 5.69 Å². The van der Waals surface area contributed by atoms with Gasteiger partial charge in [0.1, 0.15) is 6.04 Å². The second-order valence-electron chi connectivity index (χ2n) is 5.21. The molecule has 0 spiro atoms. The molecule has 0 bridgehead atoms. The summed E-state index contributed by atoms with van der Waals surface area (Å²) in [4.78, 5) is 28.4. The number of nitrogens with one attached hydrogen (secondary N) is 2. The zero-order chi connectivity index (χ0) is 16.4. The van der Waals surface area contributed by atoms with Crippen molar-refractivity contribution in [1.29, 1.82) is 0 Å². The number of benzene rings is 1. The quantitative estimate of drug-likeness (QED) is 0.773. The SMILES string of the molecule is CC(=O)N[C@@H](C)C(=O)Nc1ccc(-c2cn3ccsc3n2)cc1. The van der Waals surface area contributed by atoms with Crippen LogP contribution in [0.25, 0.3) is 16.2 Å². The highest BCUT2D eigenvalue weighted by Crippen LogP contribution is 2.23. The number of nitrogens with zero attached hydrogens (tertiary/aromatic N) is 2. The third-order valence-corrected chi connectivity index (χ3v) is 4.13. The molecule has 0 saturated heterocycles. The Kier molecular flexibility index (Phi) is 4.12. The summed E-state index contributed by atoms with van der Waals surface area (Å²) >= 11 is 1.58. The number of hydrogen-bond donors (Lipinski definition) is 2. The number of carbonyl (C=O) groups excluding carboxylic acids is 2. The van der Waals surface area contributed by atoms with Gasteiger partial charge in [0.25, 0.3) is 0 Å².